The van der Waals surface area contributed by atoms with Crippen LogP contribution in [-0.4, -0.2) is 12.1 Å². The number of nitrogens with one attached hydrogen (secondary N) is 1. The number of rotatable bonds is 7. The van der Waals surface area contributed by atoms with Gasteiger partial charge in [-0.05, 0) is 43.6 Å². The number of benzene rings is 1. The maximum Gasteiger partial charge on any atom is 0.0108 e. The van der Waals surface area contributed by atoms with Gasteiger partial charge in [0.25, 0.3) is 0 Å². The van der Waals surface area contributed by atoms with Crippen LogP contribution in [0.4, 0.5) is 0 Å². The molecule has 1 aromatic rings. The van der Waals surface area contributed by atoms with E-state index >= 15 is 0 Å². The molecule has 1 N–H and O–H groups in total. The maximum atomic E-state index is 3.97. The topological polar surface area (TPSA) is 12.0 Å². The predicted octanol–water partition coefficient (Wildman–Crippen LogP) is 4.96. The summed E-state index contributed by atoms with van der Waals surface area (Å²) in [5, 5.41) is 3.97. The molecule has 1 aliphatic rings. The van der Waals surface area contributed by atoms with Crippen molar-refractivity contribution < 1.29 is 0 Å². The summed E-state index contributed by atoms with van der Waals surface area (Å²) in [6, 6.07) is 12.3. The summed E-state index contributed by atoms with van der Waals surface area (Å²) in [5.74, 6) is 0.915. The van der Waals surface area contributed by atoms with Crippen LogP contribution >= 0.6 is 0 Å². The van der Waals surface area contributed by atoms with E-state index < -0.39 is 0 Å². The fourth-order valence-corrected chi connectivity index (χ4v) is 3.65. The lowest BCUT2D eigenvalue weighted by atomic mass is 9.82. The summed E-state index contributed by atoms with van der Waals surface area (Å²) in [7, 11) is 0. The molecular weight excluding hydrogens is 242 g/mol. The minimum Gasteiger partial charge on any atom is -0.311 e. The lowest BCUT2D eigenvalue weighted by Gasteiger charge is -2.33. The minimum absolute atomic E-state index is 0.629. The van der Waals surface area contributed by atoms with E-state index in [1.54, 1.807) is 0 Å². The van der Waals surface area contributed by atoms with Gasteiger partial charge in [-0.2, -0.15) is 0 Å². The Hall–Kier alpha value is -0.820. The Morgan fingerprint density at radius 3 is 2.30 bits per heavy atom. The smallest absolute Gasteiger partial charge is 0.0108 e. The monoisotopic (exact) mass is 273 g/mol. The van der Waals surface area contributed by atoms with Gasteiger partial charge in [0.15, 0.2) is 0 Å². The lowest BCUT2D eigenvalue weighted by molar-refractivity contribution is 0.242. The van der Waals surface area contributed by atoms with Crippen LogP contribution in [0.3, 0.4) is 0 Å². The van der Waals surface area contributed by atoms with Crippen molar-refractivity contribution in [2.24, 2.45) is 5.92 Å². The lowest BCUT2D eigenvalue weighted by Crippen LogP contribution is -2.43. The Balaban J connectivity index is 1.89. The van der Waals surface area contributed by atoms with Crippen molar-refractivity contribution in [3.05, 3.63) is 35.9 Å². The molecule has 20 heavy (non-hydrogen) atoms. The molecule has 1 fully saturated rings. The summed E-state index contributed by atoms with van der Waals surface area (Å²) >= 11 is 0. The number of hydrogen-bond acceptors (Lipinski definition) is 1. The summed E-state index contributed by atoms with van der Waals surface area (Å²) in [4.78, 5) is 0. The van der Waals surface area contributed by atoms with Crippen LogP contribution < -0.4 is 5.32 Å². The van der Waals surface area contributed by atoms with Crippen LogP contribution in [0.2, 0.25) is 0 Å². The molecule has 1 saturated carbocycles. The van der Waals surface area contributed by atoms with Gasteiger partial charge in [0.05, 0.1) is 0 Å². The molecule has 1 aliphatic carbocycles. The van der Waals surface area contributed by atoms with Crippen molar-refractivity contribution in [1.29, 1.82) is 0 Å². The average molecular weight is 273 g/mol. The van der Waals surface area contributed by atoms with Crippen molar-refractivity contribution in [2.75, 3.05) is 0 Å². The van der Waals surface area contributed by atoms with Gasteiger partial charge in [0.1, 0.15) is 0 Å². The van der Waals surface area contributed by atoms with E-state index in [1.165, 1.54) is 56.9 Å². The molecule has 0 radical (unpaired) electrons. The SMILES string of the molecule is CCC(Cc1ccccc1)NC(CC)C1CCCCC1. The van der Waals surface area contributed by atoms with Gasteiger partial charge in [-0.3, -0.25) is 0 Å². The quantitative estimate of drug-likeness (QED) is 0.740. The predicted molar refractivity (Wildman–Crippen MR) is 88.0 cm³/mol. The van der Waals surface area contributed by atoms with E-state index in [2.05, 4.69) is 49.5 Å². The molecule has 0 bridgehead atoms. The molecule has 2 rings (SSSR count). The molecule has 0 spiro atoms. The molecule has 0 aliphatic heterocycles. The molecule has 0 amide bonds. The first-order valence-electron chi connectivity index (χ1n) is 8.63. The Labute approximate surface area is 125 Å². The highest BCUT2D eigenvalue weighted by Gasteiger charge is 2.23. The van der Waals surface area contributed by atoms with Gasteiger partial charge in [0, 0.05) is 12.1 Å². The zero-order valence-corrected chi connectivity index (χ0v) is 13.3. The van der Waals surface area contributed by atoms with Crippen LogP contribution in [0.25, 0.3) is 0 Å². The molecule has 2 atom stereocenters. The molecule has 1 heteroatoms. The molecule has 0 saturated heterocycles. The van der Waals surface area contributed by atoms with E-state index in [9.17, 15) is 0 Å². The highest BCUT2D eigenvalue weighted by atomic mass is 15.0. The van der Waals surface area contributed by atoms with Crippen LogP contribution in [-0.2, 0) is 6.42 Å². The fourth-order valence-electron chi connectivity index (χ4n) is 3.65. The Bertz CT molecular complexity index is 353. The third-order valence-electron chi connectivity index (χ3n) is 4.93. The van der Waals surface area contributed by atoms with Crippen LogP contribution in [0.5, 0.6) is 0 Å². The molecule has 0 aromatic heterocycles. The van der Waals surface area contributed by atoms with Crippen molar-refractivity contribution in [1.82, 2.24) is 5.32 Å². The van der Waals surface area contributed by atoms with Crippen LogP contribution in [0.15, 0.2) is 30.3 Å². The second-order valence-electron chi connectivity index (χ2n) is 6.37. The van der Waals surface area contributed by atoms with E-state index in [1.807, 2.05) is 0 Å². The Kier molecular flexibility index (Phi) is 6.59. The van der Waals surface area contributed by atoms with Gasteiger partial charge >= 0.3 is 0 Å². The average Bonchev–Trinajstić information content (AvgIpc) is 2.53. The van der Waals surface area contributed by atoms with Crippen molar-refractivity contribution in [2.45, 2.75) is 77.3 Å². The first-order chi connectivity index (χ1) is 9.83. The Morgan fingerprint density at radius 2 is 1.70 bits per heavy atom. The summed E-state index contributed by atoms with van der Waals surface area (Å²) < 4.78 is 0. The van der Waals surface area contributed by atoms with Crippen molar-refractivity contribution in [3.8, 4) is 0 Å². The second kappa shape index (κ2) is 8.46. The van der Waals surface area contributed by atoms with Gasteiger partial charge in [-0.25, -0.2) is 0 Å². The maximum absolute atomic E-state index is 3.97. The number of hydrogen-bond donors (Lipinski definition) is 1. The van der Waals surface area contributed by atoms with E-state index in [-0.39, 0.29) is 0 Å². The molecule has 112 valence electrons. The van der Waals surface area contributed by atoms with Gasteiger partial charge in [-0.15, -0.1) is 0 Å². The van der Waals surface area contributed by atoms with E-state index in [4.69, 9.17) is 0 Å². The largest absolute Gasteiger partial charge is 0.311 e. The summed E-state index contributed by atoms with van der Waals surface area (Å²) in [6.45, 7) is 4.66. The zero-order valence-electron chi connectivity index (χ0n) is 13.3. The van der Waals surface area contributed by atoms with Gasteiger partial charge < -0.3 is 5.32 Å². The highest BCUT2D eigenvalue weighted by Crippen LogP contribution is 2.28. The first-order valence-corrected chi connectivity index (χ1v) is 8.63. The molecule has 2 unspecified atom stereocenters. The molecule has 0 heterocycles. The second-order valence-corrected chi connectivity index (χ2v) is 6.37. The zero-order chi connectivity index (χ0) is 14.2. The van der Waals surface area contributed by atoms with E-state index in [0.29, 0.717) is 6.04 Å². The van der Waals surface area contributed by atoms with Crippen molar-refractivity contribution in [3.63, 3.8) is 0 Å². The van der Waals surface area contributed by atoms with Crippen LogP contribution in [0.1, 0.15) is 64.4 Å². The third kappa shape index (κ3) is 4.63. The molecule has 1 nitrogen and oxygen atoms in total. The van der Waals surface area contributed by atoms with Crippen LogP contribution in [0, 0.1) is 5.92 Å². The van der Waals surface area contributed by atoms with Gasteiger partial charge in [-0.1, -0.05) is 63.4 Å². The van der Waals surface area contributed by atoms with Gasteiger partial charge in [0.2, 0.25) is 0 Å². The van der Waals surface area contributed by atoms with Crippen molar-refractivity contribution >= 4 is 0 Å². The molecule has 1 aromatic carbocycles. The third-order valence-corrected chi connectivity index (χ3v) is 4.93. The normalized spacial score (nSPS) is 19.7. The van der Waals surface area contributed by atoms with E-state index in [0.717, 1.165) is 12.0 Å². The molecular formula is C19H31N. The fraction of sp³-hybridized carbons (Fsp3) is 0.684. The highest BCUT2D eigenvalue weighted by molar-refractivity contribution is 5.15. The standard InChI is InChI=1S/C19H31N/c1-3-18(15-16-11-7-5-8-12-16)20-19(4-2)17-13-9-6-10-14-17/h5,7-8,11-12,17-20H,3-4,6,9-10,13-15H2,1-2H3. The first kappa shape index (κ1) is 15.6. The minimum atomic E-state index is 0.629. The summed E-state index contributed by atoms with van der Waals surface area (Å²) in [5.41, 5.74) is 1.46. The Morgan fingerprint density at radius 1 is 1.00 bits per heavy atom. The summed E-state index contributed by atoms with van der Waals surface area (Å²) in [6.07, 6.45) is 10.9.